The van der Waals surface area contributed by atoms with Crippen molar-refractivity contribution in [2.24, 2.45) is 0 Å². The Morgan fingerprint density at radius 3 is 2.94 bits per heavy atom. The number of rotatable bonds is 5. The Morgan fingerprint density at radius 1 is 1.59 bits per heavy atom. The average Bonchev–Trinajstić information content (AvgIpc) is 2.29. The third kappa shape index (κ3) is 4.32. The maximum Gasteiger partial charge on any atom is 0.254 e. The van der Waals surface area contributed by atoms with Crippen molar-refractivity contribution in [3.63, 3.8) is 0 Å². The highest BCUT2D eigenvalue weighted by atomic mass is 35.5. The summed E-state index contributed by atoms with van der Waals surface area (Å²) in [6.45, 7) is 2.37. The molecule has 0 aliphatic heterocycles. The number of alkyl halides is 1. The molecule has 1 aromatic rings. The van der Waals surface area contributed by atoms with E-state index in [0.717, 1.165) is 5.56 Å². The minimum atomic E-state index is -0.536. The summed E-state index contributed by atoms with van der Waals surface area (Å²) < 4.78 is 18.2. The first kappa shape index (κ1) is 13.9. The minimum Gasteiger partial charge on any atom is -0.383 e. The van der Waals surface area contributed by atoms with Crippen molar-refractivity contribution in [3.05, 3.63) is 35.1 Å². The minimum absolute atomic E-state index is 0.0336. The van der Waals surface area contributed by atoms with Crippen LogP contribution in [0.2, 0.25) is 0 Å². The number of carbonyl (C=O) groups excluding carboxylic acids is 1. The van der Waals surface area contributed by atoms with Gasteiger partial charge < -0.3 is 10.1 Å². The second-order valence-corrected chi connectivity index (χ2v) is 4.36. The molecule has 1 amide bonds. The number of aryl methyl sites for hydroxylation is 1. The van der Waals surface area contributed by atoms with Gasteiger partial charge in [0.25, 0.3) is 5.91 Å². The van der Waals surface area contributed by atoms with E-state index in [2.05, 4.69) is 5.32 Å². The first-order valence-electron chi connectivity index (χ1n) is 5.22. The van der Waals surface area contributed by atoms with Gasteiger partial charge in [0, 0.05) is 13.7 Å². The summed E-state index contributed by atoms with van der Waals surface area (Å²) in [6, 6.07) is 4.39. The highest BCUT2D eigenvalue weighted by molar-refractivity contribution is 6.21. The van der Waals surface area contributed by atoms with Crippen molar-refractivity contribution in [2.45, 2.75) is 12.3 Å². The lowest BCUT2D eigenvalue weighted by atomic mass is 10.1. The molecule has 1 N–H and O–H groups in total. The van der Waals surface area contributed by atoms with Gasteiger partial charge in [-0.25, -0.2) is 4.39 Å². The number of halogens is 2. The molecule has 0 bridgehead atoms. The summed E-state index contributed by atoms with van der Waals surface area (Å²) >= 11 is 5.85. The second kappa shape index (κ2) is 6.57. The first-order valence-corrected chi connectivity index (χ1v) is 5.65. The van der Waals surface area contributed by atoms with E-state index in [1.165, 1.54) is 19.2 Å². The van der Waals surface area contributed by atoms with Crippen LogP contribution in [-0.4, -0.2) is 31.5 Å². The lowest BCUT2D eigenvalue weighted by Crippen LogP contribution is -2.32. The third-order valence-electron chi connectivity index (χ3n) is 2.20. The molecule has 0 spiro atoms. The fourth-order valence-electron chi connectivity index (χ4n) is 1.35. The molecular formula is C12H15ClFNO2. The van der Waals surface area contributed by atoms with Crippen LogP contribution in [0.25, 0.3) is 0 Å². The summed E-state index contributed by atoms with van der Waals surface area (Å²) in [6.07, 6.45) is 0. The number of carbonyl (C=O) groups is 1. The maximum atomic E-state index is 13.4. The normalized spacial score (nSPS) is 12.2. The van der Waals surface area contributed by atoms with Gasteiger partial charge in [-0.2, -0.15) is 0 Å². The van der Waals surface area contributed by atoms with Gasteiger partial charge in [-0.05, 0) is 19.1 Å². The van der Waals surface area contributed by atoms with E-state index < -0.39 is 11.7 Å². The monoisotopic (exact) mass is 259 g/mol. The fraction of sp³-hybridized carbons (Fsp3) is 0.417. The van der Waals surface area contributed by atoms with Gasteiger partial charge in [-0.1, -0.05) is 11.6 Å². The van der Waals surface area contributed by atoms with Gasteiger partial charge in [0.2, 0.25) is 0 Å². The van der Waals surface area contributed by atoms with Crippen molar-refractivity contribution in [2.75, 3.05) is 20.3 Å². The number of hydrogen-bond donors (Lipinski definition) is 1. The van der Waals surface area contributed by atoms with Gasteiger partial charge in [-0.3, -0.25) is 4.79 Å². The molecule has 5 heteroatoms. The van der Waals surface area contributed by atoms with Crippen LogP contribution >= 0.6 is 11.6 Å². The second-order valence-electron chi connectivity index (χ2n) is 3.75. The Bertz CT molecular complexity index is 398. The van der Waals surface area contributed by atoms with Crippen LogP contribution in [0.1, 0.15) is 15.9 Å². The Labute approximate surface area is 105 Å². The summed E-state index contributed by atoms with van der Waals surface area (Å²) in [5.41, 5.74) is 0.863. The van der Waals surface area contributed by atoms with E-state index >= 15 is 0 Å². The van der Waals surface area contributed by atoms with Crippen molar-refractivity contribution < 1.29 is 13.9 Å². The highest BCUT2D eigenvalue weighted by Gasteiger charge is 2.13. The van der Waals surface area contributed by atoms with Crippen molar-refractivity contribution >= 4 is 17.5 Å². The van der Waals surface area contributed by atoms with Crippen LogP contribution < -0.4 is 5.32 Å². The van der Waals surface area contributed by atoms with E-state index in [9.17, 15) is 9.18 Å². The third-order valence-corrected chi connectivity index (χ3v) is 2.48. The van der Waals surface area contributed by atoms with E-state index in [1.54, 1.807) is 13.0 Å². The number of hydrogen-bond acceptors (Lipinski definition) is 2. The molecule has 0 aliphatic rings. The molecule has 0 saturated heterocycles. The fourth-order valence-corrected chi connectivity index (χ4v) is 1.55. The lowest BCUT2D eigenvalue weighted by Gasteiger charge is -2.10. The molecule has 0 heterocycles. The number of amides is 1. The number of nitrogens with one attached hydrogen (secondary N) is 1. The lowest BCUT2D eigenvalue weighted by molar-refractivity contribution is 0.0945. The number of benzene rings is 1. The predicted molar refractivity (Wildman–Crippen MR) is 65.0 cm³/mol. The largest absolute Gasteiger partial charge is 0.383 e. The Hall–Kier alpha value is -1.13. The Morgan fingerprint density at radius 2 is 2.29 bits per heavy atom. The highest BCUT2D eigenvalue weighted by Crippen LogP contribution is 2.09. The topological polar surface area (TPSA) is 38.3 Å². The van der Waals surface area contributed by atoms with Gasteiger partial charge >= 0.3 is 0 Å². The molecule has 1 aromatic carbocycles. The molecule has 1 atom stereocenters. The molecule has 3 nitrogen and oxygen atoms in total. The molecule has 0 radical (unpaired) electrons. The zero-order valence-electron chi connectivity index (χ0n) is 9.80. The van der Waals surface area contributed by atoms with Gasteiger partial charge in [0.05, 0.1) is 17.5 Å². The molecule has 0 saturated carbocycles. The van der Waals surface area contributed by atoms with Crippen LogP contribution in [-0.2, 0) is 4.74 Å². The predicted octanol–water partition coefficient (Wildman–Crippen LogP) is 2.12. The van der Waals surface area contributed by atoms with Gasteiger partial charge in [0.1, 0.15) is 5.82 Å². The molecule has 17 heavy (non-hydrogen) atoms. The van der Waals surface area contributed by atoms with Crippen molar-refractivity contribution in [1.82, 2.24) is 5.32 Å². The first-order chi connectivity index (χ1) is 8.04. The summed E-state index contributed by atoms with van der Waals surface area (Å²) in [7, 11) is 1.53. The van der Waals surface area contributed by atoms with Gasteiger partial charge in [-0.15, -0.1) is 11.6 Å². The molecular weight excluding hydrogens is 245 g/mol. The van der Waals surface area contributed by atoms with Crippen LogP contribution in [0.3, 0.4) is 0 Å². The van der Waals surface area contributed by atoms with Crippen molar-refractivity contribution in [1.29, 1.82) is 0 Å². The molecule has 94 valence electrons. The summed E-state index contributed by atoms with van der Waals surface area (Å²) in [5, 5.41) is 2.24. The molecule has 1 unspecified atom stereocenters. The SMILES string of the molecule is COCC(Cl)CNC(=O)c1cc(C)ccc1F. The van der Waals surface area contributed by atoms with E-state index in [-0.39, 0.29) is 17.5 Å². The zero-order chi connectivity index (χ0) is 12.8. The smallest absolute Gasteiger partial charge is 0.254 e. The van der Waals surface area contributed by atoms with Gasteiger partial charge in [0.15, 0.2) is 0 Å². The standard InChI is InChI=1S/C12H15ClFNO2/c1-8-3-4-11(14)10(5-8)12(16)15-6-9(13)7-17-2/h3-5,9H,6-7H2,1-2H3,(H,15,16). The van der Waals surface area contributed by atoms with Crippen LogP contribution in [0, 0.1) is 12.7 Å². The summed E-state index contributed by atoms with van der Waals surface area (Å²) in [5.74, 6) is -1.00. The quantitative estimate of drug-likeness (QED) is 0.823. The van der Waals surface area contributed by atoms with Crippen LogP contribution in [0.15, 0.2) is 18.2 Å². The molecule has 0 fully saturated rings. The zero-order valence-corrected chi connectivity index (χ0v) is 10.6. The van der Waals surface area contributed by atoms with E-state index in [4.69, 9.17) is 16.3 Å². The number of methoxy groups -OCH3 is 1. The number of ether oxygens (including phenoxy) is 1. The van der Waals surface area contributed by atoms with Crippen LogP contribution in [0.5, 0.6) is 0 Å². The Balaban J connectivity index is 2.61. The van der Waals surface area contributed by atoms with E-state index in [0.29, 0.717) is 6.61 Å². The van der Waals surface area contributed by atoms with Crippen molar-refractivity contribution in [3.8, 4) is 0 Å². The maximum absolute atomic E-state index is 13.4. The molecule has 0 aromatic heterocycles. The molecule has 0 aliphatic carbocycles. The van der Waals surface area contributed by atoms with E-state index in [1.807, 2.05) is 0 Å². The Kier molecular flexibility index (Phi) is 5.38. The summed E-state index contributed by atoms with van der Waals surface area (Å²) in [4.78, 5) is 11.7. The average molecular weight is 260 g/mol. The molecule has 1 rings (SSSR count). The van der Waals surface area contributed by atoms with Crippen LogP contribution in [0.4, 0.5) is 4.39 Å².